The molecule has 2 aromatic heterocycles. The Bertz CT molecular complexity index is 3730. The van der Waals surface area contributed by atoms with Crippen molar-refractivity contribution >= 4 is 107 Å². The van der Waals surface area contributed by atoms with Crippen molar-refractivity contribution in [3.8, 4) is 10.6 Å². The van der Waals surface area contributed by atoms with Gasteiger partial charge in [-0.05, 0) is 146 Å². The normalized spacial score (nSPS) is 13.6. The Hall–Kier alpha value is -7.35. The Morgan fingerprint density at radius 1 is 0.446 bits per heavy atom. The van der Waals surface area contributed by atoms with Gasteiger partial charge in [0.1, 0.15) is 21.2 Å². The fraction of sp³-hybridized carbons (Fsp3) is 0.239. The van der Waals surface area contributed by atoms with Gasteiger partial charge in [-0.25, -0.2) is 4.98 Å². The number of para-hydroxylation sites is 2. The molecule has 0 bridgehead atoms. The number of furan rings is 1. The van der Waals surface area contributed by atoms with Crippen molar-refractivity contribution in [3.63, 3.8) is 0 Å². The van der Waals surface area contributed by atoms with Crippen molar-refractivity contribution in [2.45, 2.75) is 105 Å². The van der Waals surface area contributed by atoms with Gasteiger partial charge in [-0.2, -0.15) is 0 Å². The molecule has 8 aromatic carbocycles. The molecular formula is C67H65BN4OS. The van der Waals surface area contributed by atoms with Crippen LogP contribution in [0, 0.1) is 0 Å². The molecule has 4 heterocycles. The van der Waals surface area contributed by atoms with E-state index in [0.29, 0.717) is 0 Å². The van der Waals surface area contributed by atoms with Gasteiger partial charge in [0, 0.05) is 61.8 Å². The average molecular weight is 985 g/mol. The van der Waals surface area contributed by atoms with E-state index in [1.807, 2.05) is 0 Å². The first-order valence-corrected chi connectivity index (χ1v) is 27.0. The number of rotatable bonds is 6. The van der Waals surface area contributed by atoms with Crippen molar-refractivity contribution in [2.75, 3.05) is 14.7 Å². The predicted octanol–water partition coefficient (Wildman–Crippen LogP) is 17.5. The van der Waals surface area contributed by atoms with E-state index in [2.05, 4.69) is 274 Å². The predicted molar refractivity (Wildman–Crippen MR) is 318 cm³/mol. The molecule has 0 unspecified atom stereocenters. The summed E-state index contributed by atoms with van der Waals surface area (Å²) in [5.74, 6) is 0. The maximum atomic E-state index is 6.60. The van der Waals surface area contributed by atoms with E-state index in [4.69, 9.17) is 9.40 Å². The van der Waals surface area contributed by atoms with Gasteiger partial charge >= 0.3 is 0 Å². The number of aromatic nitrogens is 1. The van der Waals surface area contributed by atoms with Crippen LogP contribution in [-0.2, 0) is 21.7 Å². The average Bonchev–Trinajstić information content (AvgIpc) is 4.00. The van der Waals surface area contributed by atoms with Crippen LogP contribution in [0.4, 0.5) is 50.5 Å². The van der Waals surface area contributed by atoms with E-state index in [9.17, 15) is 0 Å². The number of anilines is 9. The molecule has 0 fully saturated rings. The number of fused-ring (bicyclic) bond motifs is 7. The number of thiazole rings is 1. The van der Waals surface area contributed by atoms with Crippen LogP contribution < -0.4 is 31.2 Å². The zero-order valence-corrected chi connectivity index (χ0v) is 45.7. The van der Waals surface area contributed by atoms with Gasteiger partial charge in [-0.1, -0.05) is 179 Å². The van der Waals surface area contributed by atoms with Crippen LogP contribution in [0.3, 0.4) is 0 Å². The van der Waals surface area contributed by atoms with E-state index in [1.165, 1.54) is 44.6 Å². The van der Waals surface area contributed by atoms with Crippen LogP contribution in [-0.4, -0.2) is 11.7 Å². The Morgan fingerprint density at radius 2 is 0.959 bits per heavy atom. The van der Waals surface area contributed by atoms with E-state index in [-0.39, 0.29) is 28.4 Å². The van der Waals surface area contributed by atoms with Crippen LogP contribution in [0.1, 0.15) is 105 Å². The number of hydrogen-bond donors (Lipinski definition) is 0. The molecule has 7 heteroatoms. The fourth-order valence-electron chi connectivity index (χ4n) is 11.0. The zero-order valence-electron chi connectivity index (χ0n) is 44.9. The lowest BCUT2D eigenvalue weighted by Gasteiger charge is -2.44. The van der Waals surface area contributed by atoms with Crippen LogP contribution >= 0.6 is 11.3 Å². The summed E-state index contributed by atoms with van der Waals surface area (Å²) in [6.45, 7) is 27.4. The first-order valence-electron chi connectivity index (χ1n) is 26.2. The van der Waals surface area contributed by atoms with E-state index in [0.717, 1.165) is 77.2 Å². The molecule has 0 atom stereocenters. The second-order valence-corrected chi connectivity index (χ2v) is 25.6. The van der Waals surface area contributed by atoms with Gasteiger partial charge in [0.25, 0.3) is 6.71 Å². The van der Waals surface area contributed by atoms with Crippen molar-refractivity contribution < 1.29 is 4.42 Å². The summed E-state index contributed by atoms with van der Waals surface area (Å²) in [6.07, 6.45) is 0. The molecule has 74 heavy (non-hydrogen) atoms. The first-order chi connectivity index (χ1) is 35.2. The van der Waals surface area contributed by atoms with Crippen LogP contribution in [0.2, 0.25) is 0 Å². The summed E-state index contributed by atoms with van der Waals surface area (Å²) >= 11 is 1.80. The van der Waals surface area contributed by atoms with E-state index >= 15 is 0 Å². The van der Waals surface area contributed by atoms with Gasteiger partial charge in [-0.3, -0.25) is 0 Å². The number of nitrogens with zero attached hydrogens (tertiary/aromatic N) is 4. The van der Waals surface area contributed by atoms with E-state index < -0.39 is 0 Å². The Labute approximate surface area is 442 Å². The molecule has 0 saturated carbocycles. The third kappa shape index (κ3) is 8.12. The lowest BCUT2D eigenvalue weighted by Crippen LogP contribution is -2.61. The minimum atomic E-state index is -0.185. The minimum absolute atomic E-state index is 0.00416. The number of hydrogen-bond acceptors (Lipinski definition) is 6. The van der Waals surface area contributed by atoms with Gasteiger partial charge in [-0.15, -0.1) is 0 Å². The highest BCUT2D eigenvalue weighted by molar-refractivity contribution is 7.22. The molecule has 0 saturated heterocycles. The molecule has 368 valence electrons. The summed E-state index contributed by atoms with van der Waals surface area (Å²) in [4.78, 5) is 13.3. The highest BCUT2D eigenvalue weighted by atomic mass is 32.1. The summed E-state index contributed by atoms with van der Waals surface area (Å²) in [5.41, 5.74) is 20.4. The Balaban J connectivity index is 1.16. The minimum Gasteiger partial charge on any atom is -0.456 e. The molecule has 0 N–H and O–H groups in total. The molecular weight excluding hydrogens is 920 g/mol. The smallest absolute Gasteiger partial charge is 0.276 e. The molecule has 2 aliphatic heterocycles. The van der Waals surface area contributed by atoms with Crippen molar-refractivity contribution in [3.05, 3.63) is 198 Å². The molecule has 10 aromatic rings. The van der Waals surface area contributed by atoms with Gasteiger partial charge < -0.3 is 19.1 Å². The molecule has 12 rings (SSSR count). The van der Waals surface area contributed by atoms with Crippen molar-refractivity contribution in [1.82, 2.24) is 4.98 Å². The SMILES string of the molecule is CC(C)(C)c1ccc(-c2nc3c(s2)N(c2ccc4oc5ccc(C(C)(C)C)cc5c4c2)c2cc(C(C)(C)C)cc4c2B3c2ccc(N(c3ccccc3)c3ccccc3)cc2N4c2ccc(C(C)(C)C)cc2)cc1. The molecule has 0 aliphatic carbocycles. The quantitative estimate of drug-likeness (QED) is 0.155. The maximum absolute atomic E-state index is 6.60. The molecule has 0 amide bonds. The second-order valence-electron chi connectivity index (χ2n) is 24.6. The van der Waals surface area contributed by atoms with Crippen molar-refractivity contribution in [1.29, 1.82) is 0 Å². The van der Waals surface area contributed by atoms with Gasteiger partial charge in [0.15, 0.2) is 0 Å². The first kappa shape index (κ1) is 47.6. The van der Waals surface area contributed by atoms with Crippen LogP contribution in [0.15, 0.2) is 180 Å². The fourth-order valence-corrected chi connectivity index (χ4v) is 12.2. The summed E-state index contributed by atoms with van der Waals surface area (Å²) in [7, 11) is 0. The molecule has 0 radical (unpaired) electrons. The summed E-state index contributed by atoms with van der Waals surface area (Å²) in [5, 5.41) is 4.38. The third-order valence-electron chi connectivity index (χ3n) is 15.3. The van der Waals surface area contributed by atoms with Crippen LogP contribution in [0.5, 0.6) is 0 Å². The van der Waals surface area contributed by atoms with Gasteiger partial charge in [0.2, 0.25) is 0 Å². The Morgan fingerprint density at radius 3 is 1.54 bits per heavy atom. The lowest BCUT2D eigenvalue weighted by molar-refractivity contribution is 0.590. The summed E-state index contributed by atoms with van der Waals surface area (Å²) in [6, 6.07) is 65.5. The topological polar surface area (TPSA) is 35.8 Å². The third-order valence-corrected chi connectivity index (χ3v) is 16.4. The highest BCUT2D eigenvalue weighted by Gasteiger charge is 2.47. The van der Waals surface area contributed by atoms with E-state index in [1.54, 1.807) is 11.3 Å². The zero-order chi connectivity index (χ0) is 51.6. The van der Waals surface area contributed by atoms with Crippen LogP contribution in [0.25, 0.3) is 32.5 Å². The number of benzene rings is 8. The maximum Gasteiger partial charge on any atom is 0.276 e. The summed E-state index contributed by atoms with van der Waals surface area (Å²) < 4.78 is 6.60. The standard InChI is InChI=1S/C67H65BN4OS/c1-64(2,3)43-25-23-42(24-26-43)62-69-61-63(74-62)72(50-33-36-59-53(40-50)52-37-45(66(7,8)9)29-35-58(52)73-59)57-39-46(67(10,11)12)38-56-60(57)68(61)54-34-32-51(70(47-19-15-13-16-20-47)48-21-17-14-18-22-48)41-55(54)71(56)49-30-27-44(28-31-49)65(4,5)6/h13-41H,1-12H3. The lowest BCUT2D eigenvalue weighted by atomic mass is 9.35. The largest absolute Gasteiger partial charge is 0.456 e. The molecule has 2 aliphatic rings. The monoisotopic (exact) mass is 984 g/mol. The second kappa shape index (κ2) is 17.1. The van der Waals surface area contributed by atoms with Gasteiger partial charge in [0.05, 0.1) is 5.59 Å². The highest BCUT2D eigenvalue weighted by Crippen LogP contribution is 2.50. The molecule has 5 nitrogen and oxygen atoms in total. The van der Waals surface area contributed by atoms with Crippen molar-refractivity contribution in [2.24, 2.45) is 0 Å². The molecule has 0 spiro atoms. The Kier molecular flexibility index (Phi) is 11.0.